The van der Waals surface area contributed by atoms with Gasteiger partial charge in [0.1, 0.15) is 6.29 Å². The Bertz CT molecular complexity index is 1700. The largest absolute Gasteiger partial charge is 0.333 e. The van der Waals surface area contributed by atoms with Crippen molar-refractivity contribution < 1.29 is 9.18 Å². The van der Waals surface area contributed by atoms with Crippen LogP contribution in [0.25, 0.3) is 49.5 Å². The number of carbonyl (C=O) groups excluding carboxylic acids is 1. The third kappa shape index (κ3) is 5.06. The van der Waals surface area contributed by atoms with E-state index in [4.69, 9.17) is 4.98 Å². The van der Waals surface area contributed by atoms with E-state index in [0.29, 0.717) is 6.42 Å². The highest BCUT2D eigenvalue weighted by Crippen LogP contribution is 2.38. The van der Waals surface area contributed by atoms with E-state index in [1.165, 1.54) is 17.8 Å². The van der Waals surface area contributed by atoms with E-state index in [1.807, 2.05) is 43.5 Å². The van der Waals surface area contributed by atoms with E-state index in [9.17, 15) is 9.18 Å². The summed E-state index contributed by atoms with van der Waals surface area (Å²) in [5.74, 6) is 0. The molecule has 38 heavy (non-hydrogen) atoms. The molecular formula is C33H32FN3O. The maximum Gasteiger partial charge on any atom is 0.150 e. The molecule has 0 fully saturated rings. The van der Waals surface area contributed by atoms with Crippen LogP contribution in [0.2, 0.25) is 0 Å². The summed E-state index contributed by atoms with van der Waals surface area (Å²) in [6.45, 7) is 3.60. The van der Waals surface area contributed by atoms with Gasteiger partial charge < -0.3 is 10.3 Å². The number of hydrogen-bond donors (Lipinski definition) is 1. The van der Waals surface area contributed by atoms with Crippen molar-refractivity contribution in [2.45, 2.75) is 20.3 Å². The van der Waals surface area contributed by atoms with Crippen LogP contribution < -0.4 is 5.73 Å². The van der Waals surface area contributed by atoms with E-state index >= 15 is 0 Å². The molecule has 0 saturated carbocycles. The summed E-state index contributed by atoms with van der Waals surface area (Å²) in [6, 6.07) is 31.4. The molecule has 0 amide bonds. The molecule has 0 aliphatic heterocycles. The monoisotopic (exact) mass is 505 g/mol. The van der Waals surface area contributed by atoms with E-state index in [1.54, 1.807) is 6.92 Å². The summed E-state index contributed by atoms with van der Waals surface area (Å²) in [7, 11) is 1.50. The SMILES string of the molecule is CCCF.CN.Cc1cc(-n2c3ccccc3c3c(-c4cnc5ccccc5c4)cccc32)ccc1C=O. The number of hydrogen-bond acceptors (Lipinski definition) is 3. The number of nitrogens with zero attached hydrogens (tertiary/aromatic N) is 2. The lowest BCUT2D eigenvalue weighted by Gasteiger charge is -2.10. The van der Waals surface area contributed by atoms with Gasteiger partial charge in [-0.05, 0) is 74.0 Å². The Morgan fingerprint density at radius 1 is 0.895 bits per heavy atom. The standard InChI is InChI=1S/C29H20N2O.C3H7F.CH5N/c1-19-15-23(14-13-21(19)18-32)31-27-11-5-3-8-25(27)29-24(9-6-12-28(29)31)22-16-20-7-2-4-10-26(20)30-17-22;1-2-3-4;1-2/h2-18H,1H3;2-3H2,1H3;2H2,1H3. The lowest BCUT2D eigenvalue weighted by atomic mass is 9.99. The maximum atomic E-state index is 11.3. The first-order valence-corrected chi connectivity index (χ1v) is 12.7. The summed E-state index contributed by atoms with van der Waals surface area (Å²) in [6.07, 6.45) is 3.53. The fraction of sp³-hybridized carbons (Fsp3) is 0.152. The van der Waals surface area contributed by atoms with Gasteiger partial charge in [-0.15, -0.1) is 0 Å². The van der Waals surface area contributed by atoms with Gasteiger partial charge in [-0.1, -0.05) is 55.5 Å². The average Bonchev–Trinajstić information content (AvgIpc) is 3.32. The Morgan fingerprint density at radius 2 is 1.61 bits per heavy atom. The second-order valence-electron chi connectivity index (χ2n) is 8.82. The van der Waals surface area contributed by atoms with Gasteiger partial charge in [0.15, 0.2) is 0 Å². The van der Waals surface area contributed by atoms with Gasteiger partial charge in [0.2, 0.25) is 0 Å². The highest BCUT2D eigenvalue weighted by molar-refractivity contribution is 6.16. The summed E-state index contributed by atoms with van der Waals surface area (Å²) in [5.41, 5.74) is 12.8. The first kappa shape index (κ1) is 26.7. The summed E-state index contributed by atoms with van der Waals surface area (Å²) >= 11 is 0. The molecule has 2 aromatic heterocycles. The van der Waals surface area contributed by atoms with Crippen LogP contribution in [0, 0.1) is 6.92 Å². The number of fused-ring (bicyclic) bond motifs is 4. The van der Waals surface area contributed by atoms with Gasteiger partial charge >= 0.3 is 0 Å². The molecule has 4 aromatic carbocycles. The first-order valence-electron chi connectivity index (χ1n) is 12.7. The van der Waals surface area contributed by atoms with Crippen molar-refractivity contribution >= 4 is 39.0 Å². The van der Waals surface area contributed by atoms with Gasteiger partial charge in [-0.3, -0.25) is 14.2 Å². The normalized spacial score (nSPS) is 10.6. The van der Waals surface area contributed by atoms with Crippen molar-refractivity contribution in [1.82, 2.24) is 9.55 Å². The van der Waals surface area contributed by atoms with E-state index in [0.717, 1.165) is 56.2 Å². The van der Waals surface area contributed by atoms with E-state index in [-0.39, 0.29) is 6.67 Å². The molecule has 192 valence electrons. The minimum Gasteiger partial charge on any atom is -0.333 e. The van der Waals surface area contributed by atoms with Gasteiger partial charge in [-0.25, -0.2) is 0 Å². The smallest absolute Gasteiger partial charge is 0.150 e. The predicted octanol–water partition coefficient (Wildman–Crippen LogP) is 8.06. The van der Waals surface area contributed by atoms with Crippen molar-refractivity contribution in [1.29, 1.82) is 0 Å². The molecule has 0 radical (unpaired) electrons. The number of aryl methyl sites for hydroxylation is 1. The molecule has 6 aromatic rings. The summed E-state index contributed by atoms with van der Waals surface area (Å²) in [4.78, 5) is 16.0. The number of rotatable bonds is 4. The topological polar surface area (TPSA) is 60.9 Å². The number of aldehydes is 1. The lowest BCUT2D eigenvalue weighted by Crippen LogP contribution is -1.96. The van der Waals surface area contributed by atoms with E-state index < -0.39 is 0 Å². The molecule has 0 unspecified atom stereocenters. The van der Waals surface area contributed by atoms with Crippen molar-refractivity contribution in [3.05, 3.63) is 108 Å². The van der Waals surface area contributed by atoms with Crippen LogP contribution in [-0.4, -0.2) is 29.6 Å². The molecule has 0 spiro atoms. The van der Waals surface area contributed by atoms with Crippen LogP contribution >= 0.6 is 0 Å². The number of aromatic nitrogens is 2. The molecule has 0 aliphatic rings. The van der Waals surface area contributed by atoms with Gasteiger partial charge in [-0.2, -0.15) is 0 Å². The van der Waals surface area contributed by atoms with Crippen LogP contribution in [0.5, 0.6) is 0 Å². The Labute approximate surface area is 222 Å². The van der Waals surface area contributed by atoms with Gasteiger partial charge in [0.05, 0.1) is 23.2 Å². The third-order valence-corrected chi connectivity index (χ3v) is 6.43. The minimum absolute atomic E-state index is 0.181. The Hall–Kier alpha value is -4.35. The first-order chi connectivity index (χ1) is 18.7. The fourth-order valence-electron chi connectivity index (χ4n) is 4.69. The van der Waals surface area contributed by atoms with E-state index in [2.05, 4.69) is 71.0 Å². The fourth-order valence-corrected chi connectivity index (χ4v) is 4.69. The van der Waals surface area contributed by atoms with Crippen LogP contribution in [0.15, 0.2) is 97.2 Å². The molecule has 0 bridgehead atoms. The summed E-state index contributed by atoms with van der Waals surface area (Å²) in [5, 5.41) is 3.53. The summed E-state index contributed by atoms with van der Waals surface area (Å²) < 4.78 is 13.0. The molecule has 4 nitrogen and oxygen atoms in total. The number of pyridine rings is 1. The highest BCUT2D eigenvalue weighted by atomic mass is 19.1. The number of nitrogens with two attached hydrogens (primary N) is 1. The van der Waals surface area contributed by atoms with Crippen molar-refractivity contribution in [2.24, 2.45) is 5.73 Å². The number of carbonyl (C=O) groups is 1. The van der Waals surface area contributed by atoms with Crippen LogP contribution in [0.4, 0.5) is 4.39 Å². The zero-order valence-electron chi connectivity index (χ0n) is 22.0. The number of alkyl halides is 1. The van der Waals surface area contributed by atoms with Crippen LogP contribution in [-0.2, 0) is 0 Å². The molecule has 2 heterocycles. The maximum absolute atomic E-state index is 11.3. The second-order valence-corrected chi connectivity index (χ2v) is 8.82. The molecular weight excluding hydrogens is 473 g/mol. The van der Waals surface area contributed by atoms with Gasteiger partial charge in [0, 0.05) is 39.2 Å². The van der Waals surface area contributed by atoms with Crippen molar-refractivity contribution in [2.75, 3.05) is 13.7 Å². The Kier molecular flexibility index (Phi) is 8.62. The molecule has 2 N–H and O–H groups in total. The Balaban J connectivity index is 0.000000515. The molecule has 0 atom stereocenters. The predicted molar refractivity (Wildman–Crippen MR) is 158 cm³/mol. The van der Waals surface area contributed by atoms with Crippen LogP contribution in [0.3, 0.4) is 0 Å². The number of para-hydroxylation sites is 2. The highest BCUT2D eigenvalue weighted by Gasteiger charge is 2.16. The third-order valence-electron chi connectivity index (χ3n) is 6.43. The minimum atomic E-state index is -0.181. The number of halogens is 1. The second kappa shape index (κ2) is 12.3. The lowest BCUT2D eigenvalue weighted by molar-refractivity contribution is 0.112. The van der Waals surface area contributed by atoms with Crippen LogP contribution in [0.1, 0.15) is 29.3 Å². The zero-order valence-corrected chi connectivity index (χ0v) is 22.0. The molecule has 5 heteroatoms. The number of benzene rings is 4. The zero-order chi connectivity index (χ0) is 27.1. The van der Waals surface area contributed by atoms with Gasteiger partial charge in [0.25, 0.3) is 0 Å². The molecule has 6 rings (SSSR count). The quantitative estimate of drug-likeness (QED) is 0.247. The molecule has 0 saturated heterocycles. The Morgan fingerprint density at radius 3 is 2.34 bits per heavy atom. The molecule has 0 aliphatic carbocycles. The average molecular weight is 506 g/mol. The van der Waals surface area contributed by atoms with Crippen molar-refractivity contribution in [3.63, 3.8) is 0 Å². The van der Waals surface area contributed by atoms with Crippen molar-refractivity contribution in [3.8, 4) is 16.8 Å².